The molecule has 82 valence electrons. The van der Waals surface area contributed by atoms with Gasteiger partial charge in [-0.2, -0.15) is 0 Å². The summed E-state index contributed by atoms with van der Waals surface area (Å²) in [4.78, 5) is 0. The molecule has 0 bridgehead atoms. The summed E-state index contributed by atoms with van der Waals surface area (Å²) < 4.78 is 5.59. The van der Waals surface area contributed by atoms with Crippen molar-refractivity contribution in [2.45, 2.75) is 63.3 Å². The van der Waals surface area contributed by atoms with Crippen LogP contribution in [0.1, 0.15) is 39.0 Å². The molecule has 4 atom stereocenters. The lowest BCUT2D eigenvalue weighted by molar-refractivity contribution is 0.00181. The van der Waals surface area contributed by atoms with E-state index in [0.717, 1.165) is 32.3 Å². The topological polar surface area (TPSA) is 41.5 Å². The Hall–Kier alpha value is -0.120. The highest BCUT2D eigenvalue weighted by molar-refractivity contribution is 4.86. The van der Waals surface area contributed by atoms with Gasteiger partial charge >= 0.3 is 0 Å². The van der Waals surface area contributed by atoms with Gasteiger partial charge < -0.3 is 15.2 Å². The van der Waals surface area contributed by atoms with E-state index in [9.17, 15) is 5.11 Å². The molecule has 14 heavy (non-hydrogen) atoms. The fraction of sp³-hybridized carbons (Fsp3) is 1.00. The van der Waals surface area contributed by atoms with Crippen molar-refractivity contribution in [2.24, 2.45) is 0 Å². The van der Waals surface area contributed by atoms with Gasteiger partial charge in [-0.1, -0.05) is 0 Å². The van der Waals surface area contributed by atoms with Crippen molar-refractivity contribution in [3.05, 3.63) is 0 Å². The molecule has 0 spiro atoms. The summed E-state index contributed by atoms with van der Waals surface area (Å²) in [6.07, 6.45) is 5.85. The monoisotopic (exact) mass is 199 g/mol. The Bertz CT molecular complexity index is 178. The lowest BCUT2D eigenvalue weighted by Gasteiger charge is -2.30. The Kier molecular flexibility index (Phi) is 3.42. The van der Waals surface area contributed by atoms with E-state index in [4.69, 9.17) is 4.74 Å². The third-order valence-electron chi connectivity index (χ3n) is 3.43. The molecule has 3 nitrogen and oxygen atoms in total. The number of hydrogen-bond donors (Lipinski definition) is 2. The van der Waals surface area contributed by atoms with Crippen LogP contribution in [0.25, 0.3) is 0 Å². The number of rotatable bonds is 2. The Morgan fingerprint density at radius 2 is 2.07 bits per heavy atom. The molecule has 1 aliphatic heterocycles. The van der Waals surface area contributed by atoms with E-state index >= 15 is 0 Å². The summed E-state index contributed by atoms with van der Waals surface area (Å²) in [5.41, 5.74) is 0. The molecule has 0 aromatic heterocycles. The van der Waals surface area contributed by atoms with E-state index in [1.54, 1.807) is 0 Å². The van der Waals surface area contributed by atoms with Gasteiger partial charge in [0.2, 0.25) is 0 Å². The van der Waals surface area contributed by atoms with Gasteiger partial charge in [0.1, 0.15) is 0 Å². The maximum absolute atomic E-state index is 9.67. The van der Waals surface area contributed by atoms with Crippen LogP contribution in [-0.2, 0) is 4.74 Å². The van der Waals surface area contributed by atoms with Crippen molar-refractivity contribution in [1.82, 2.24) is 5.32 Å². The lowest BCUT2D eigenvalue weighted by Crippen LogP contribution is -2.47. The zero-order valence-corrected chi connectivity index (χ0v) is 8.91. The average Bonchev–Trinajstić information content (AvgIpc) is 2.56. The zero-order valence-electron chi connectivity index (χ0n) is 8.91. The summed E-state index contributed by atoms with van der Waals surface area (Å²) >= 11 is 0. The molecule has 2 N–H and O–H groups in total. The first-order valence-corrected chi connectivity index (χ1v) is 5.81. The summed E-state index contributed by atoms with van der Waals surface area (Å²) in [6, 6.07) is 0.779. The van der Waals surface area contributed by atoms with Crippen molar-refractivity contribution in [3.8, 4) is 0 Å². The van der Waals surface area contributed by atoms with Gasteiger partial charge in [0.15, 0.2) is 0 Å². The first kappa shape index (κ1) is 10.4. The van der Waals surface area contributed by atoms with E-state index in [0.29, 0.717) is 18.2 Å². The summed E-state index contributed by atoms with van der Waals surface area (Å²) in [6.45, 7) is 2.94. The van der Waals surface area contributed by atoms with Crippen molar-refractivity contribution in [1.29, 1.82) is 0 Å². The maximum Gasteiger partial charge on any atom is 0.0693 e. The Morgan fingerprint density at radius 3 is 2.64 bits per heavy atom. The fourth-order valence-corrected chi connectivity index (χ4v) is 2.45. The zero-order chi connectivity index (χ0) is 9.97. The third kappa shape index (κ3) is 2.47. The van der Waals surface area contributed by atoms with Crippen LogP contribution in [0.15, 0.2) is 0 Å². The molecule has 0 aromatic carbocycles. The van der Waals surface area contributed by atoms with Gasteiger partial charge in [-0.15, -0.1) is 0 Å². The largest absolute Gasteiger partial charge is 0.392 e. The third-order valence-corrected chi connectivity index (χ3v) is 3.43. The van der Waals surface area contributed by atoms with Crippen molar-refractivity contribution in [2.75, 3.05) is 6.61 Å². The van der Waals surface area contributed by atoms with Gasteiger partial charge in [0, 0.05) is 12.1 Å². The van der Waals surface area contributed by atoms with Crippen LogP contribution in [-0.4, -0.2) is 36.0 Å². The summed E-state index contributed by atoms with van der Waals surface area (Å²) in [5, 5.41) is 13.2. The number of aliphatic hydroxyl groups excluding tert-OH is 1. The minimum Gasteiger partial charge on any atom is -0.392 e. The van der Waals surface area contributed by atoms with Crippen LogP contribution in [0.5, 0.6) is 0 Å². The Morgan fingerprint density at radius 1 is 1.21 bits per heavy atom. The molecule has 3 heteroatoms. The molecule has 1 saturated heterocycles. The molecule has 1 heterocycles. The normalized spacial score (nSPS) is 44.1. The van der Waals surface area contributed by atoms with Gasteiger partial charge in [-0.05, 0) is 39.0 Å². The highest BCUT2D eigenvalue weighted by Crippen LogP contribution is 2.21. The number of hydrogen-bond acceptors (Lipinski definition) is 3. The molecule has 0 amide bonds. The van der Waals surface area contributed by atoms with Gasteiger partial charge in [-0.25, -0.2) is 0 Å². The van der Waals surface area contributed by atoms with Crippen LogP contribution >= 0.6 is 0 Å². The highest BCUT2D eigenvalue weighted by atomic mass is 16.5. The van der Waals surface area contributed by atoms with Crippen LogP contribution in [0.2, 0.25) is 0 Å². The lowest BCUT2D eigenvalue weighted by atomic mass is 10.0. The van der Waals surface area contributed by atoms with Gasteiger partial charge in [0.05, 0.1) is 18.8 Å². The minimum absolute atomic E-state index is 0.130. The predicted molar refractivity (Wildman–Crippen MR) is 55.2 cm³/mol. The molecule has 1 aliphatic carbocycles. The highest BCUT2D eigenvalue weighted by Gasteiger charge is 2.28. The van der Waals surface area contributed by atoms with Crippen molar-refractivity contribution < 1.29 is 9.84 Å². The second kappa shape index (κ2) is 4.60. The maximum atomic E-state index is 9.67. The molecular formula is C11H21NO2. The van der Waals surface area contributed by atoms with E-state index in [1.165, 1.54) is 6.42 Å². The van der Waals surface area contributed by atoms with Gasteiger partial charge in [-0.3, -0.25) is 0 Å². The smallest absolute Gasteiger partial charge is 0.0693 e. The SMILES string of the molecule is CC1CCC(N[C@H]2CCC[C@@H]2O)CO1. The number of nitrogens with one attached hydrogen (secondary N) is 1. The van der Waals surface area contributed by atoms with E-state index < -0.39 is 0 Å². The van der Waals surface area contributed by atoms with E-state index in [1.807, 2.05) is 0 Å². The standard InChI is InChI=1S/C11H21NO2/c1-8-5-6-9(7-14-8)12-10-3-2-4-11(10)13/h8-13H,2-7H2,1H3/t8?,9?,10-,11-/m0/s1. The minimum atomic E-state index is -0.130. The fourth-order valence-electron chi connectivity index (χ4n) is 2.45. The second-order valence-corrected chi connectivity index (χ2v) is 4.69. The van der Waals surface area contributed by atoms with Crippen LogP contribution in [0.3, 0.4) is 0 Å². The van der Waals surface area contributed by atoms with Crippen molar-refractivity contribution >= 4 is 0 Å². The number of aliphatic hydroxyl groups is 1. The number of ether oxygens (including phenoxy) is 1. The Balaban J connectivity index is 1.74. The van der Waals surface area contributed by atoms with Gasteiger partial charge in [0.25, 0.3) is 0 Å². The first-order valence-electron chi connectivity index (χ1n) is 5.81. The van der Waals surface area contributed by atoms with E-state index in [-0.39, 0.29) is 6.10 Å². The average molecular weight is 199 g/mol. The van der Waals surface area contributed by atoms with Crippen LogP contribution in [0, 0.1) is 0 Å². The second-order valence-electron chi connectivity index (χ2n) is 4.69. The summed E-state index contributed by atoms with van der Waals surface area (Å²) in [5.74, 6) is 0. The van der Waals surface area contributed by atoms with E-state index in [2.05, 4.69) is 12.2 Å². The molecular weight excluding hydrogens is 178 g/mol. The molecule has 2 rings (SSSR count). The molecule has 0 radical (unpaired) electrons. The van der Waals surface area contributed by atoms with Crippen LogP contribution < -0.4 is 5.32 Å². The Labute approximate surface area is 85.8 Å². The van der Waals surface area contributed by atoms with Crippen LogP contribution in [0.4, 0.5) is 0 Å². The first-order chi connectivity index (χ1) is 6.75. The van der Waals surface area contributed by atoms with Crippen molar-refractivity contribution in [3.63, 3.8) is 0 Å². The quantitative estimate of drug-likeness (QED) is 0.698. The summed E-state index contributed by atoms with van der Waals surface area (Å²) in [7, 11) is 0. The molecule has 0 aromatic rings. The molecule has 2 unspecified atom stereocenters. The molecule has 1 saturated carbocycles. The predicted octanol–water partition coefficient (Wildman–Crippen LogP) is 1.06. The molecule has 2 aliphatic rings. The molecule has 2 fully saturated rings.